The van der Waals surface area contributed by atoms with E-state index in [0.29, 0.717) is 21.7 Å². The second kappa shape index (κ2) is 4.73. The summed E-state index contributed by atoms with van der Waals surface area (Å²) in [6.07, 6.45) is -0.791. The summed E-state index contributed by atoms with van der Waals surface area (Å²) in [7, 11) is 1.28. The molecule has 0 aliphatic heterocycles. The third-order valence-corrected chi connectivity index (χ3v) is 2.71. The molecular formula is C11H11ClN2O4. The van der Waals surface area contributed by atoms with E-state index in [1.54, 1.807) is 13.0 Å². The molecule has 2 aromatic rings. The minimum absolute atomic E-state index is 0.172. The number of esters is 1. The van der Waals surface area contributed by atoms with Crippen LogP contribution < -0.4 is 10.5 Å². The van der Waals surface area contributed by atoms with E-state index < -0.39 is 12.1 Å². The monoisotopic (exact) mass is 270 g/mol. The van der Waals surface area contributed by atoms with Crippen molar-refractivity contribution in [2.75, 3.05) is 12.8 Å². The molecule has 6 nitrogen and oxygen atoms in total. The number of nitrogens with two attached hydrogens (primary N) is 1. The highest BCUT2D eigenvalue weighted by molar-refractivity contribution is 6.33. The summed E-state index contributed by atoms with van der Waals surface area (Å²) < 4.78 is 14.9. The molecule has 0 spiro atoms. The van der Waals surface area contributed by atoms with Gasteiger partial charge in [0.15, 0.2) is 11.7 Å². The number of aromatic nitrogens is 1. The fourth-order valence-corrected chi connectivity index (χ4v) is 1.57. The lowest BCUT2D eigenvalue weighted by molar-refractivity contribution is -0.148. The van der Waals surface area contributed by atoms with E-state index in [0.717, 1.165) is 0 Å². The van der Waals surface area contributed by atoms with Crippen LogP contribution in [0.1, 0.15) is 6.92 Å². The Hall–Kier alpha value is -1.95. The first-order chi connectivity index (χ1) is 8.52. The van der Waals surface area contributed by atoms with Gasteiger partial charge in [0.05, 0.1) is 23.2 Å². The van der Waals surface area contributed by atoms with Crippen LogP contribution in [0, 0.1) is 0 Å². The molecule has 0 fully saturated rings. The zero-order valence-electron chi connectivity index (χ0n) is 9.77. The standard InChI is InChI=1S/C11H11ClN2O4/c1-5(11(15)16-2)17-10-6-3-8(13)7(12)4-9(6)18-14-10/h3-5H,13H2,1-2H3. The number of carbonyl (C=O) groups excluding carboxylic acids is 1. The average molecular weight is 271 g/mol. The lowest BCUT2D eigenvalue weighted by atomic mass is 10.2. The molecule has 1 aromatic carbocycles. The van der Waals surface area contributed by atoms with E-state index in [2.05, 4.69) is 9.89 Å². The predicted molar refractivity (Wildman–Crippen MR) is 65.5 cm³/mol. The Balaban J connectivity index is 2.35. The van der Waals surface area contributed by atoms with Crippen LogP contribution in [0.4, 0.5) is 5.69 Å². The number of nitrogens with zero attached hydrogens (tertiary/aromatic N) is 1. The number of nitrogen functional groups attached to an aromatic ring is 1. The molecule has 1 heterocycles. The predicted octanol–water partition coefficient (Wildman–Crippen LogP) is 2.00. The number of benzene rings is 1. The molecule has 2 N–H and O–H groups in total. The van der Waals surface area contributed by atoms with Gasteiger partial charge in [-0.2, -0.15) is 0 Å². The smallest absolute Gasteiger partial charge is 0.346 e. The van der Waals surface area contributed by atoms with Crippen LogP contribution in [-0.4, -0.2) is 24.3 Å². The first-order valence-corrected chi connectivity index (χ1v) is 5.49. The second-order valence-electron chi connectivity index (χ2n) is 3.64. The SMILES string of the molecule is COC(=O)C(C)Oc1noc2cc(Cl)c(N)cc12. The van der Waals surface area contributed by atoms with Crippen molar-refractivity contribution < 1.29 is 18.8 Å². The number of carbonyl (C=O) groups is 1. The van der Waals surface area contributed by atoms with Gasteiger partial charge in [-0.05, 0) is 18.1 Å². The summed E-state index contributed by atoms with van der Waals surface area (Å²) >= 11 is 5.85. The van der Waals surface area contributed by atoms with Crippen LogP contribution in [0.2, 0.25) is 5.02 Å². The Morgan fingerprint density at radius 2 is 2.28 bits per heavy atom. The van der Waals surface area contributed by atoms with Crippen LogP contribution in [-0.2, 0) is 9.53 Å². The number of halogens is 1. The molecule has 0 saturated carbocycles. The van der Waals surface area contributed by atoms with Crippen molar-refractivity contribution in [3.8, 4) is 5.88 Å². The third kappa shape index (κ3) is 2.19. The molecule has 96 valence electrons. The Labute approximate surface area is 108 Å². The average Bonchev–Trinajstić information content (AvgIpc) is 2.71. The number of hydrogen-bond acceptors (Lipinski definition) is 6. The van der Waals surface area contributed by atoms with E-state index >= 15 is 0 Å². The number of hydrogen-bond donors (Lipinski definition) is 1. The third-order valence-electron chi connectivity index (χ3n) is 2.38. The zero-order chi connectivity index (χ0) is 13.3. The van der Waals surface area contributed by atoms with E-state index in [1.165, 1.54) is 13.2 Å². The maximum Gasteiger partial charge on any atom is 0.346 e. The molecule has 2 rings (SSSR count). The molecule has 0 amide bonds. The van der Waals surface area contributed by atoms with Crippen molar-refractivity contribution in [3.63, 3.8) is 0 Å². The minimum Gasteiger partial charge on any atom is -0.466 e. The molecule has 0 radical (unpaired) electrons. The molecule has 1 unspecified atom stereocenters. The van der Waals surface area contributed by atoms with Gasteiger partial charge in [-0.1, -0.05) is 11.6 Å². The van der Waals surface area contributed by atoms with Gasteiger partial charge >= 0.3 is 5.97 Å². The number of fused-ring (bicyclic) bond motifs is 1. The van der Waals surface area contributed by atoms with Gasteiger partial charge in [0.25, 0.3) is 5.88 Å². The Bertz CT molecular complexity index is 596. The van der Waals surface area contributed by atoms with Crippen molar-refractivity contribution >= 4 is 34.2 Å². The molecule has 0 aliphatic rings. The van der Waals surface area contributed by atoms with E-state index in [1.807, 2.05) is 0 Å². The molecule has 18 heavy (non-hydrogen) atoms. The molecule has 0 aliphatic carbocycles. The molecule has 0 saturated heterocycles. The van der Waals surface area contributed by atoms with Crippen molar-refractivity contribution in [2.24, 2.45) is 0 Å². The fraction of sp³-hybridized carbons (Fsp3) is 0.273. The molecule has 1 aromatic heterocycles. The Morgan fingerprint density at radius 1 is 1.56 bits per heavy atom. The fourth-order valence-electron chi connectivity index (χ4n) is 1.42. The molecular weight excluding hydrogens is 260 g/mol. The van der Waals surface area contributed by atoms with Crippen LogP contribution in [0.3, 0.4) is 0 Å². The largest absolute Gasteiger partial charge is 0.466 e. The Kier molecular flexibility index (Phi) is 3.29. The summed E-state index contributed by atoms with van der Waals surface area (Å²) in [4.78, 5) is 11.2. The van der Waals surface area contributed by atoms with Gasteiger partial charge in [0.2, 0.25) is 0 Å². The number of methoxy groups -OCH3 is 1. The van der Waals surface area contributed by atoms with E-state index in [9.17, 15) is 4.79 Å². The maximum atomic E-state index is 11.2. The lowest BCUT2D eigenvalue weighted by Gasteiger charge is -2.09. The van der Waals surface area contributed by atoms with Gasteiger partial charge in [0.1, 0.15) is 0 Å². The first kappa shape index (κ1) is 12.5. The summed E-state index contributed by atoms with van der Waals surface area (Å²) in [5, 5.41) is 4.63. The highest BCUT2D eigenvalue weighted by Crippen LogP contribution is 2.31. The summed E-state index contributed by atoms with van der Waals surface area (Å²) in [5.41, 5.74) is 6.49. The van der Waals surface area contributed by atoms with Gasteiger partial charge < -0.3 is 19.7 Å². The number of rotatable bonds is 3. The van der Waals surface area contributed by atoms with Gasteiger partial charge in [-0.25, -0.2) is 4.79 Å². The van der Waals surface area contributed by atoms with Crippen molar-refractivity contribution in [1.82, 2.24) is 5.16 Å². The number of anilines is 1. The van der Waals surface area contributed by atoms with Gasteiger partial charge in [-0.3, -0.25) is 0 Å². The molecule has 7 heteroatoms. The highest BCUT2D eigenvalue weighted by Gasteiger charge is 2.19. The van der Waals surface area contributed by atoms with Crippen LogP contribution >= 0.6 is 11.6 Å². The van der Waals surface area contributed by atoms with Crippen molar-refractivity contribution in [2.45, 2.75) is 13.0 Å². The zero-order valence-corrected chi connectivity index (χ0v) is 10.5. The highest BCUT2D eigenvalue weighted by atomic mass is 35.5. The number of ether oxygens (including phenoxy) is 2. The molecule has 1 atom stereocenters. The summed E-state index contributed by atoms with van der Waals surface area (Å²) in [6.45, 7) is 1.55. The van der Waals surface area contributed by atoms with Crippen LogP contribution in [0.25, 0.3) is 11.0 Å². The topological polar surface area (TPSA) is 87.6 Å². The Morgan fingerprint density at radius 3 is 2.94 bits per heavy atom. The van der Waals surface area contributed by atoms with E-state index in [-0.39, 0.29) is 5.88 Å². The van der Waals surface area contributed by atoms with E-state index in [4.69, 9.17) is 26.6 Å². The lowest BCUT2D eigenvalue weighted by Crippen LogP contribution is -2.25. The van der Waals surface area contributed by atoms with Gasteiger partial charge in [0, 0.05) is 6.07 Å². The van der Waals surface area contributed by atoms with Gasteiger partial charge in [-0.15, -0.1) is 0 Å². The van der Waals surface area contributed by atoms with Crippen molar-refractivity contribution in [3.05, 3.63) is 17.2 Å². The minimum atomic E-state index is -0.791. The van der Waals surface area contributed by atoms with Crippen molar-refractivity contribution in [1.29, 1.82) is 0 Å². The second-order valence-corrected chi connectivity index (χ2v) is 4.05. The normalized spacial score (nSPS) is 12.4. The summed E-state index contributed by atoms with van der Waals surface area (Å²) in [5.74, 6) is -0.334. The summed E-state index contributed by atoms with van der Waals surface area (Å²) in [6, 6.07) is 3.11. The quantitative estimate of drug-likeness (QED) is 0.678. The maximum absolute atomic E-state index is 11.2. The van der Waals surface area contributed by atoms with Crippen LogP contribution in [0.15, 0.2) is 16.7 Å². The molecule has 0 bridgehead atoms. The first-order valence-electron chi connectivity index (χ1n) is 5.12. The van der Waals surface area contributed by atoms with Crippen LogP contribution in [0.5, 0.6) is 5.88 Å².